The number of esters is 1. The first-order valence-electron chi connectivity index (χ1n) is 10.9. The molecule has 0 aliphatic heterocycles. The fourth-order valence-corrected chi connectivity index (χ4v) is 3.45. The number of para-hydroxylation sites is 1. The van der Waals surface area contributed by atoms with Crippen LogP contribution in [-0.4, -0.2) is 36.6 Å². The minimum absolute atomic E-state index is 0.261. The van der Waals surface area contributed by atoms with E-state index in [1.807, 2.05) is 48.5 Å². The minimum atomic E-state index is -0.738. The number of pyridine rings is 1. The van der Waals surface area contributed by atoms with Crippen molar-refractivity contribution in [3.05, 3.63) is 96.1 Å². The van der Waals surface area contributed by atoms with Gasteiger partial charge in [0.1, 0.15) is 5.75 Å². The highest BCUT2D eigenvalue weighted by Gasteiger charge is 2.17. The largest absolute Gasteiger partial charge is 0.497 e. The number of fused-ring (bicyclic) bond motifs is 1. The first-order valence-corrected chi connectivity index (χ1v) is 10.9. The molecule has 0 saturated heterocycles. The molecule has 0 aliphatic carbocycles. The third kappa shape index (κ3) is 6.00. The molecule has 4 rings (SSSR count). The summed E-state index contributed by atoms with van der Waals surface area (Å²) >= 11 is 0. The number of carbonyl (C=O) groups excluding carboxylic acids is 3. The predicted octanol–water partition coefficient (Wildman–Crippen LogP) is 4.09. The highest BCUT2D eigenvalue weighted by Crippen LogP contribution is 2.26. The molecule has 8 nitrogen and oxygen atoms in total. The summed E-state index contributed by atoms with van der Waals surface area (Å²) in [4.78, 5) is 41.6. The molecule has 3 amide bonds. The van der Waals surface area contributed by atoms with E-state index < -0.39 is 24.5 Å². The molecular formula is C27H23N3O5. The number of urea groups is 1. The number of aromatic nitrogens is 1. The van der Waals surface area contributed by atoms with Crippen LogP contribution in [0.5, 0.6) is 5.75 Å². The number of hydrogen-bond acceptors (Lipinski definition) is 6. The molecule has 176 valence electrons. The molecular weight excluding hydrogens is 446 g/mol. The maximum atomic E-state index is 12.9. The average Bonchev–Trinajstić information content (AvgIpc) is 2.90. The van der Waals surface area contributed by atoms with Crippen LogP contribution in [0, 0.1) is 0 Å². The van der Waals surface area contributed by atoms with Gasteiger partial charge < -0.3 is 14.8 Å². The van der Waals surface area contributed by atoms with Crippen molar-refractivity contribution in [2.24, 2.45) is 0 Å². The molecule has 1 aromatic heterocycles. The van der Waals surface area contributed by atoms with Gasteiger partial charge >= 0.3 is 12.0 Å². The summed E-state index contributed by atoms with van der Waals surface area (Å²) < 4.78 is 10.4. The van der Waals surface area contributed by atoms with Crippen molar-refractivity contribution in [3.63, 3.8) is 0 Å². The molecule has 0 bridgehead atoms. The van der Waals surface area contributed by atoms with Crippen molar-refractivity contribution >= 4 is 28.8 Å². The molecule has 3 aromatic carbocycles. The third-order valence-electron chi connectivity index (χ3n) is 5.21. The maximum absolute atomic E-state index is 12.9. The van der Waals surface area contributed by atoms with E-state index in [4.69, 9.17) is 9.47 Å². The molecule has 0 atom stereocenters. The van der Waals surface area contributed by atoms with Crippen molar-refractivity contribution < 1.29 is 23.9 Å². The SMILES string of the molecule is COc1ccc(-c2cc(C(=O)OCC(=O)NC(=O)NCc3ccccc3)c3ccccc3n2)cc1. The average molecular weight is 469 g/mol. The predicted molar refractivity (Wildman–Crippen MR) is 131 cm³/mol. The van der Waals surface area contributed by atoms with Crippen LogP contribution in [0.1, 0.15) is 15.9 Å². The third-order valence-corrected chi connectivity index (χ3v) is 5.21. The summed E-state index contributed by atoms with van der Waals surface area (Å²) in [6.07, 6.45) is 0. The molecule has 1 heterocycles. The lowest BCUT2D eigenvalue weighted by Gasteiger charge is -2.11. The molecule has 8 heteroatoms. The second-order valence-electron chi connectivity index (χ2n) is 7.59. The molecule has 0 spiro atoms. The van der Waals surface area contributed by atoms with E-state index in [1.165, 1.54) is 0 Å². The number of rotatable bonds is 7. The van der Waals surface area contributed by atoms with Gasteiger partial charge in [0.25, 0.3) is 5.91 Å². The van der Waals surface area contributed by atoms with Crippen molar-refractivity contribution in [3.8, 4) is 17.0 Å². The van der Waals surface area contributed by atoms with Gasteiger partial charge in [-0.2, -0.15) is 0 Å². The second kappa shape index (κ2) is 10.9. The van der Waals surface area contributed by atoms with Crippen LogP contribution in [0.3, 0.4) is 0 Å². The molecule has 4 aromatic rings. The number of methoxy groups -OCH3 is 1. The molecule has 35 heavy (non-hydrogen) atoms. The van der Waals surface area contributed by atoms with Crippen molar-refractivity contribution in [2.75, 3.05) is 13.7 Å². The Morgan fingerprint density at radius 3 is 2.34 bits per heavy atom. The Kier molecular flexibility index (Phi) is 7.32. The molecule has 0 fully saturated rings. The lowest BCUT2D eigenvalue weighted by atomic mass is 10.0. The number of nitrogens with zero attached hydrogens (tertiary/aromatic N) is 1. The first-order chi connectivity index (χ1) is 17.0. The zero-order valence-corrected chi connectivity index (χ0v) is 19.0. The highest BCUT2D eigenvalue weighted by molar-refractivity contribution is 6.05. The van der Waals surface area contributed by atoms with E-state index in [-0.39, 0.29) is 12.1 Å². The van der Waals surface area contributed by atoms with E-state index in [0.717, 1.165) is 11.1 Å². The Hall–Kier alpha value is -4.72. The van der Waals surface area contributed by atoms with Crippen molar-refractivity contribution in [2.45, 2.75) is 6.54 Å². The van der Waals surface area contributed by atoms with Crippen LogP contribution >= 0.6 is 0 Å². The van der Waals surface area contributed by atoms with Gasteiger partial charge in [-0.25, -0.2) is 14.6 Å². The summed E-state index contributed by atoms with van der Waals surface area (Å²) in [7, 11) is 1.58. The summed E-state index contributed by atoms with van der Waals surface area (Å²) in [6.45, 7) is -0.344. The Bertz CT molecular complexity index is 1350. The van der Waals surface area contributed by atoms with Crippen LogP contribution in [0.2, 0.25) is 0 Å². The molecule has 0 aliphatic rings. The molecule has 0 unspecified atom stereocenters. The van der Waals surface area contributed by atoms with E-state index >= 15 is 0 Å². The first kappa shape index (κ1) is 23.4. The van der Waals surface area contributed by atoms with Crippen molar-refractivity contribution in [1.29, 1.82) is 0 Å². The quantitative estimate of drug-likeness (QED) is 0.395. The van der Waals surface area contributed by atoms with Gasteiger partial charge in [0.05, 0.1) is 23.9 Å². The van der Waals surface area contributed by atoms with Crippen LogP contribution in [0.15, 0.2) is 84.9 Å². The number of ether oxygens (including phenoxy) is 2. The fourth-order valence-electron chi connectivity index (χ4n) is 3.45. The maximum Gasteiger partial charge on any atom is 0.339 e. The Morgan fingerprint density at radius 2 is 1.60 bits per heavy atom. The van der Waals surface area contributed by atoms with Gasteiger partial charge in [-0.1, -0.05) is 48.5 Å². The topological polar surface area (TPSA) is 107 Å². The number of amides is 3. The number of hydrogen-bond donors (Lipinski definition) is 2. The summed E-state index contributed by atoms with van der Waals surface area (Å²) in [5.41, 5.74) is 3.13. The van der Waals surface area contributed by atoms with Crippen LogP contribution in [0.25, 0.3) is 22.2 Å². The zero-order valence-electron chi connectivity index (χ0n) is 19.0. The standard InChI is InChI=1S/C27H23N3O5/c1-34-20-13-11-19(12-14-20)24-15-22(21-9-5-6-10-23(21)29-24)26(32)35-17-25(31)30-27(33)28-16-18-7-3-2-4-8-18/h2-15H,16-17H2,1H3,(H2,28,30,31,33). The number of nitrogens with one attached hydrogen (secondary N) is 2. The van der Waals surface area contributed by atoms with Gasteiger partial charge in [0, 0.05) is 17.5 Å². The summed E-state index contributed by atoms with van der Waals surface area (Å²) in [5.74, 6) is -0.733. The number of benzene rings is 3. The van der Waals surface area contributed by atoms with Crippen LogP contribution < -0.4 is 15.4 Å². The Labute approximate surface area is 201 Å². The second-order valence-corrected chi connectivity index (χ2v) is 7.59. The molecule has 0 saturated carbocycles. The van der Waals surface area contributed by atoms with Gasteiger partial charge in [-0.15, -0.1) is 0 Å². The highest BCUT2D eigenvalue weighted by atomic mass is 16.5. The van der Waals surface area contributed by atoms with E-state index in [9.17, 15) is 14.4 Å². The van der Waals surface area contributed by atoms with Crippen LogP contribution in [-0.2, 0) is 16.1 Å². The van der Waals surface area contributed by atoms with E-state index in [2.05, 4.69) is 15.6 Å². The normalized spacial score (nSPS) is 10.4. The lowest BCUT2D eigenvalue weighted by molar-refractivity contribution is -0.123. The number of imide groups is 1. The molecule has 2 N–H and O–H groups in total. The monoisotopic (exact) mass is 469 g/mol. The van der Waals surface area contributed by atoms with Crippen LogP contribution in [0.4, 0.5) is 4.79 Å². The summed E-state index contributed by atoms with van der Waals surface area (Å²) in [5, 5.41) is 5.32. The minimum Gasteiger partial charge on any atom is -0.497 e. The Morgan fingerprint density at radius 1 is 0.886 bits per heavy atom. The van der Waals surface area contributed by atoms with Gasteiger partial charge in [-0.05, 0) is 42.0 Å². The van der Waals surface area contributed by atoms with E-state index in [0.29, 0.717) is 22.3 Å². The van der Waals surface area contributed by atoms with Gasteiger partial charge in [0.15, 0.2) is 6.61 Å². The van der Waals surface area contributed by atoms with Gasteiger partial charge in [-0.3, -0.25) is 10.1 Å². The molecule has 0 radical (unpaired) electrons. The van der Waals surface area contributed by atoms with Gasteiger partial charge in [0.2, 0.25) is 0 Å². The van der Waals surface area contributed by atoms with Crippen molar-refractivity contribution in [1.82, 2.24) is 15.6 Å². The zero-order chi connectivity index (χ0) is 24.6. The smallest absolute Gasteiger partial charge is 0.339 e. The Balaban J connectivity index is 1.43. The van der Waals surface area contributed by atoms with E-state index in [1.54, 1.807) is 43.5 Å². The fraction of sp³-hybridized carbons (Fsp3) is 0.111. The lowest BCUT2D eigenvalue weighted by Crippen LogP contribution is -2.41. The number of carbonyl (C=O) groups is 3. The summed E-state index contributed by atoms with van der Waals surface area (Å²) in [6, 6.07) is 24.7.